The first-order valence-corrected chi connectivity index (χ1v) is 9.82. The summed E-state index contributed by atoms with van der Waals surface area (Å²) < 4.78 is 6.57. The molecule has 0 unspecified atom stereocenters. The van der Waals surface area contributed by atoms with Crippen LogP contribution < -0.4 is 4.74 Å². The molecule has 1 aliphatic heterocycles. The quantitative estimate of drug-likeness (QED) is 0.402. The van der Waals surface area contributed by atoms with Crippen LogP contribution in [0.4, 0.5) is 5.00 Å². The van der Waals surface area contributed by atoms with Crippen molar-refractivity contribution in [3.63, 3.8) is 0 Å². The predicted molar refractivity (Wildman–Crippen MR) is 107 cm³/mol. The molecule has 3 heterocycles. The Morgan fingerprint density at radius 1 is 1.38 bits per heavy atom. The number of amides is 2. The molecule has 0 spiro atoms. The van der Waals surface area contributed by atoms with E-state index in [4.69, 9.17) is 16.3 Å². The van der Waals surface area contributed by atoms with Gasteiger partial charge in [-0.1, -0.05) is 22.9 Å². The molecule has 1 aliphatic rings. The van der Waals surface area contributed by atoms with E-state index in [-0.39, 0.29) is 16.3 Å². The number of carbonyl (C=O) groups is 2. The van der Waals surface area contributed by atoms with E-state index in [1.54, 1.807) is 20.0 Å². The number of aromatic nitrogens is 2. The second kappa shape index (κ2) is 8.21. The molecular weight excluding hydrogens is 422 g/mol. The molecule has 2 amide bonds. The predicted octanol–water partition coefficient (Wildman–Crippen LogP) is 2.66. The molecule has 12 heteroatoms. The van der Waals surface area contributed by atoms with Crippen molar-refractivity contribution >= 4 is 45.8 Å². The zero-order chi connectivity index (χ0) is 21.3. The summed E-state index contributed by atoms with van der Waals surface area (Å²) >= 11 is 6.98. The fourth-order valence-electron chi connectivity index (χ4n) is 3.08. The molecule has 3 rings (SSSR count). The summed E-state index contributed by atoms with van der Waals surface area (Å²) in [5.41, 5.74) is 1.35. The third kappa shape index (κ3) is 3.83. The SMILES string of the molecule is COc1c(C(=O)N2CCCN2C(=O)/C=C/c2c(C)nn(C)c2Cl)csc1[N+](=O)[O-]. The smallest absolute Gasteiger partial charge is 0.366 e. The second-order valence-corrected chi connectivity index (χ2v) is 7.45. The molecule has 154 valence electrons. The monoisotopic (exact) mass is 439 g/mol. The first-order chi connectivity index (χ1) is 13.8. The van der Waals surface area contributed by atoms with Crippen LogP contribution in [0.25, 0.3) is 6.08 Å². The Kier molecular flexibility index (Phi) is 5.89. The molecule has 0 aliphatic carbocycles. The lowest BCUT2D eigenvalue weighted by Crippen LogP contribution is -2.44. The van der Waals surface area contributed by atoms with Crippen molar-refractivity contribution in [3.8, 4) is 5.75 Å². The average molecular weight is 440 g/mol. The fraction of sp³-hybridized carbons (Fsp3) is 0.353. The van der Waals surface area contributed by atoms with Crippen molar-refractivity contribution in [1.82, 2.24) is 19.8 Å². The number of nitrogens with zero attached hydrogens (tertiary/aromatic N) is 5. The number of methoxy groups -OCH3 is 1. The maximum atomic E-state index is 12.9. The van der Waals surface area contributed by atoms with Crippen LogP contribution >= 0.6 is 22.9 Å². The third-order valence-corrected chi connectivity index (χ3v) is 5.80. The lowest BCUT2D eigenvalue weighted by Gasteiger charge is -2.26. The molecule has 0 N–H and O–H groups in total. The van der Waals surface area contributed by atoms with Crippen LogP contribution in [0.15, 0.2) is 11.5 Å². The molecule has 1 fully saturated rings. The highest BCUT2D eigenvalue weighted by Crippen LogP contribution is 2.38. The maximum absolute atomic E-state index is 12.9. The largest absolute Gasteiger partial charge is 0.489 e. The summed E-state index contributed by atoms with van der Waals surface area (Å²) in [4.78, 5) is 36.1. The highest BCUT2D eigenvalue weighted by atomic mass is 35.5. The van der Waals surface area contributed by atoms with E-state index >= 15 is 0 Å². The maximum Gasteiger partial charge on any atom is 0.366 e. The number of ether oxygens (including phenoxy) is 1. The highest BCUT2D eigenvalue weighted by molar-refractivity contribution is 7.14. The van der Waals surface area contributed by atoms with Gasteiger partial charge >= 0.3 is 5.00 Å². The molecule has 0 atom stereocenters. The van der Waals surface area contributed by atoms with E-state index in [9.17, 15) is 19.7 Å². The van der Waals surface area contributed by atoms with Gasteiger partial charge in [0.15, 0.2) is 0 Å². The van der Waals surface area contributed by atoms with Crippen molar-refractivity contribution in [2.45, 2.75) is 13.3 Å². The molecule has 0 saturated carbocycles. The number of aryl methyl sites for hydroxylation is 2. The molecule has 0 radical (unpaired) electrons. The molecule has 0 aromatic carbocycles. The van der Waals surface area contributed by atoms with Gasteiger partial charge in [-0.3, -0.25) is 24.4 Å². The highest BCUT2D eigenvalue weighted by Gasteiger charge is 2.35. The Labute approximate surface area is 175 Å². The van der Waals surface area contributed by atoms with E-state index in [1.807, 2.05) is 0 Å². The van der Waals surface area contributed by atoms with Crippen LogP contribution in [0.3, 0.4) is 0 Å². The van der Waals surface area contributed by atoms with Gasteiger partial charge < -0.3 is 4.74 Å². The minimum Gasteiger partial charge on any atom is -0.489 e. The summed E-state index contributed by atoms with van der Waals surface area (Å²) in [6.45, 7) is 2.44. The number of nitro groups is 1. The van der Waals surface area contributed by atoms with Gasteiger partial charge in [0.1, 0.15) is 10.7 Å². The van der Waals surface area contributed by atoms with Gasteiger partial charge in [0.25, 0.3) is 11.8 Å². The Morgan fingerprint density at radius 3 is 2.66 bits per heavy atom. The number of thiophene rings is 1. The van der Waals surface area contributed by atoms with E-state index in [0.29, 0.717) is 35.9 Å². The van der Waals surface area contributed by atoms with Crippen LogP contribution in [0.2, 0.25) is 5.15 Å². The summed E-state index contributed by atoms with van der Waals surface area (Å²) in [5.74, 6) is -1.03. The molecule has 29 heavy (non-hydrogen) atoms. The van der Waals surface area contributed by atoms with Crippen LogP contribution in [-0.2, 0) is 11.8 Å². The third-order valence-electron chi connectivity index (χ3n) is 4.44. The van der Waals surface area contributed by atoms with Gasteiger partial charge in [-0.15, -0.1) is 0 Å². The summed E-state index contributed by atoms with van der Waals surface area (Å²) in [6, 6.07) is 0. The van der Waals surface area contributed by atoms with Gasteiger partial charge in [0, 0.05) is 37.2 Å². The summed E-state index contributed by atoms with van der Waals surface area (Å²) in [6.07, 6.45) is 3.48. The Morgan fingerprint density at radius 2 is 2.07 bits per heavy atom. The number of rotatable bonds is 5. The summed E-state index contributed by atoms with van der Waals surface area (Å²) in [7, 11) is 2.96. The molecule has 0 bridgehead atoms. The van der Waals surface area contributed by atoms with Crippen molar-refractivity contribution in [3.05, 3.63) is 43.5 Å². The first kappa shape index (κ1) is 20.8. The number of carbonyl (C=O) groups excluding carboxylic acids is 2. The van der Waals surface area contributed by atoms with Gasteiger partial charge in [-0.25, -0.2) is 10.0 Å². The number of hydrogen-bond donors (Lipinski definition) is 0. The Bertz CT molecular complexity index is 1010. The van der Waals surface area contributed by atoms with E-state index in [2.05, 4.69) is 5.10 Å². The normalized spacial score (nSPS) is 14.1. The van der Waals surface area contributed by atoms with Crippen molar-refractivity contribution in [2.75, 3.05) is 20.2 Å². The lowest BCUT2D eigenvalue weighted by molar-refractivity contribution is -0.381. The van der Waals surface area contributed by atoms with Crippen LogP contribution in [0, 0.1) is 17.0 Å². The van der Waals surface area contributed by atoms with Gasteiger partial charge in [-0.2, -0.15) is 5.10 Å². The Hall–Kier alpha value is -2.92. The minimum absolute atomic E-state index is 0.0547. The average Bonchev–Trinajstić information content (AvgIpc) is 3.38. The molecule has 2 aromatic heterocycles. The van der Waals surface area contributed by atoms with Crippen molar-refractivity contribution in [2.24, 2.45) is 7.05 Å². The van der Waals surface area contributed by atoms with E-state index in [0.717, 1.165) is 11.3 Å². The van der Waals surface area contributed by atoms with Crippen LogP contribution in [0.5, 0.6) is 5.75 Å². The van der Waals surface area contributed by atoms with Crippen LogP contribution in [0.1, 0.15) is 28.0 Å². The molecule has 2 aromatic rings. The topological polar surface area (TPSA) is 111 Å². The van der Waals surface area contributed by atoms with E-state index < -0.39 is 16.7 Å². The van der Waals surface area contributed by atoms with E-state index in [1.165, 1.54) is 33.3 Å². The molecular formula is C17H18ClN5O5S. The lowest BCUT2D eigenvalue weighted by atomic mass is 10.2. The fourth-order valence-corrected chi connectivity index (χ4v) is 4.14. The van der Waals surface area contributed by atoms with Crippen molar-refractivity contribution in [1.29, 1.82) is 0 Å². The van der Waals surface area contributed by atoms with Gasteiger partial charge in [0.05, 0.1) is 17.7 Å². The van der Waals surface area contributed by atoms with Crippen LogP contribution in [-0.4, -0.2) is 56.7 Å². The van der Waals surface area contributed by atoms with Gasteiger partial charge in [-0.05, 0) is 19.4 Å². The molecule has 1 saturated heterocycles. The minimum atomic E-state index is -0.601. The van der Waals surface area contributed by atoms with Crippen molar-refractivity contribution < 1.29 is 19.2 Å². The summed E-state index contributed by atoms with van der Waals surface area (Å²) in [5, 5.41) is 19.4. The standard InChI is InChI=1S/C17H18ClN5O5S/c1-10-11(15(18)20(2)19-10)5-6-13(24)21-7-4-8-22(21)16(25)12-9-29-17(23(26)27)14(12)28-3/h5-6,9H,4,7-8H2,1-3H3/b6-5+. The van der Waals surface area contributed by atoms with Gasteiger partial charge in [0.2, 0.25) is 5.75 Å². The number of hydrazine groups is 1. The zero-order valence-electron chi connectivity index (χ0n) is 15.9. The number of hydrogen-bond acceptors (Lipinski definition) is 7. The molecule has 10 nitrogen and oxygen atoms in total. The zero-order valence-corrected chi connectivity index (χ0v) is 17.5. The Balaban J connectivity index is 1.83. The second-order valence-electron chi connectivity index (χ2n) is 6.23. The first-order valence-electron chi connectivity index (χ1n) is 8.56. The number of halogens is 1.